The van der Waals surface area contributed by atoms with E-state index in [2.05, 4.69) is 153 Å². The van der Waals surface area contributed by atoms with Gasteiger partial charge in [-0.15, -0.1) is 0 Å². The second kappa shape index (κ2) is 14.2. The Morgan fingerprint density at radius 1 is 0.395 bits per heavy atom. The van der Waals surface area contributed by atoms with Crippen molar-refractivity contribution in [1.29, 1.82) is 0 Å². The molecule has 1 aromatic heterocycles. The first kappa shape index (κ1) is 27.9. The van der Waals surface area contributed by atoms with Crippen LogP contribution < -0.4 is 21.2 Å². The first-order valence-corrected chi connectivity index (χ1v) is 16.3. The largest absolute Gasteiger partial charge is 0.257 e. The van der Waals surface area contributed by atoms with Gasteiger partial charge in [-0.25, -0.2) is 0 Å². The van der Waals surface area contributed by atoms with Gasteiger partial charge in [0.25, 0.3) is 0 Å². The van der Waals surface area contributed by atoms with E-state index in [9.17, 15) is 0 Å². The van der Waals surface area contributed by atoms with E-state index in [1.54, 1.807) is 0 Å². The zero-order valence-corrected chi connectivity index (χ0v) is 24.6. The number of aromatic nitrogens is 1. The molecule has 0 saturated carbocycles. The molecule has 0 bridgehead atoms. The third-order valence-electron chi connectivity index (χ3n) is 6.56. The van der Waals surface area contributed by atoms with E-state index in [1.807, 2.05) is 13.8 Å². The maximum atomic E-state index is 5.35. The molecule has 0 aliphatic rings. The lowest BCUT2D eigenvalue weighted by Crippen LogP contribution is -2.18. The van der Waals surface area contributed by atoms with E-state index < -0.39 is 15.8 Å². The van der Waals surface area contributed by atoms with Gasteiger partial charge < -0.3 is 0 Å². The van der Waals surface area contributed by atoms with Gasteiger partial charge in [-0.3, -0.25) is 4.98 Å². The molecule has 5 aromatic rings. The lowest BCUT2D eigenvalue weighted by atomic mass is 10.2. The Labute approximate surface area is 231 Å². The van der Waals surface area contributed by atoms with Crippen molar-refractivity contribution in [3.05, 3.63) is 151 Å². The van der Waals surface area contributed by atoms with Crippen molar-refractivity contribution in [3.63, 3.8) is 0 Å². The summed E-state index contributed by atoms with van der Waals surface area (Å²) in [6.07, 6.45) is 0. The van der Waals surface area contributed by atoms with E-state index >= 15 is 0 Å². The van der Waals surface area contributed by atoms with Crippen molar-refractivity contribution in [3.8, 4) is 0 Å². The lowest BCUT2D eigenvalue weighted by molar-refractivity contribution is 0.921. The summed E-state index contributed by atoms with van der Waals surface area (Å²) in [7, 11) is -1.16. The van der Waals surface area contributed by atoms with Crippen LogP contribution in [0.25, 0.3) is 0 Å². The lowest BCUT2D eigenvalue weighted by Gasteiger charge is -2.28. The summed E-state index contributed by atoms with van der Waals surface area (Å²) in [6.45, 7) is 8.69. The Morgan fingerprint density at radius 3 is 0.921 bits per heavy atom. The zero-order chi connectivity index (χ0) is 26.7. The normalized spacial score (nSPS) is 12.5. The van der Waals surface area contributed by atoms with Gasteiger partial charge in [0.2, 0.25) is 0 Å². The molecular formula is C35H37NP2. The summed E-state index contributed by atoms with van der Waals surface area (Å²) in [5, 5.41) is 5.56. The van der Waals surface area contributed by atoms with Gasteiger partial charge in [0.1, 0.15) is 0 Å². The highest BCUT2D eigenvalue weighted by molar-refractivity contribution is 7.73. The van der Waals surface area contributed by atoms with Gasteiger partial charge in [-0.1, -0.05) is 155 Å². The van der Waals surface area contributed by atoms with Crippen LogP contribution in [-0.4, -0.2) is 4.98 Å². The van der Waals surface area contributed by atoms with Crippen molar-refractivity contribution in [2.45, 2.75) is 39.0 Å². The Hall–Kier alpha value is -3.11. The third kappa shape index (κ3) is 6.66. The van der Waals surface area contributed by atoms with Crippen molar-refractivity contribution >= 4 is 37.1 Å². The highest BCUT2D eigenvalue weighted by atomic mass is 31.1. The fourth-order valence-corrected chi connectivity index (χ4v) is 9.92. The van der Waals surface area contributed by atoms with Gasteiger partial charge in [0, 0.05) is 22.7 Å². The van der Waals surface area contributed by atoms with Crippen molar-refractivity contribution in [1.82, 2.24) is 4.98 Å². The van der Waals surface area contributed by atoms with Gasteiger partial charge in [-0.2, -0.15) is 0 Å². The summed E-state index contributed by atoms with van der Waals surface area (Å²) in [5.41, 5.74) is 2.96. The van der Waals surface area contributed by atoms with Crippen molar-refractivity contribution in [2.24, 2.45) is 0 Å². The van der Waals surface area contributed by atoms with Gasteiger partial charge in [0.05, 0.1) is 0 Å². The monoisotopic (exact) mass is 533 g/mol. The molecule has 4 aromatic carbocycles. The van der Waals surface area contributed by atoms with Crippen molar-refractivity contribution in [2.75, 3.05) is 0 Å². The number of benzene rings is 4. The average Bonchev–Trinajstić information content (AvgIpc) is 3.00. The summed E-state index contributed by atoms with van der Waals surface area (Å²) in [4.78, 5) is 5.35. The molecule has 0 saturated heterocycles. The van der Waals surface area contributed by atoms with Crippen LogP contribution in [0, 0.1) is 0 Å². The quantitative estimate of drug-likeness (QED) is 0.182. The van der Waals surface area contributed by atoms with Crippen LogP contribution in [0.2, 0.25) is 0 Å². The van der Waals surface area contributed by atoms with E-state index in [0.29, 0.717) is 11.3 Å². The number of hydrogen-bond donors (Lipinski definition) is 0. The van der Waals surface area contributed by atoms with Crippen molar-refractivity contribution < 1.29 is 0 Å². The van der Waals surface area contributed by atoms with Crippen LogP contribution in [0.4, 0.5) is 0 Å². The maximum absolute atomic E-state index is 5.35. The Balaban J connectivity index is 0.00000164. The van der Waals surface area contributed by atoms with E-state index in [-0.39, 0.29) is 0 Å². The molecule has 0 fully saturated rings. The fourth-order valence-electron chi connectivity index (χ4n) is 4.75. The maximum Gasteiger partial charge on any atom is 0.0484 e. The third-order valence-corrected chi connectivity index (χ3v) is 12.1. The first-order valence-electron chi connectivity index (χ1n) is 13.5. The molecular weight excluding hydrogens is 496 g/mol. The second-order valence-corrected chi connectivity index (χ2v) is 14.0. The molecule has 0 unspecified atom stereocenters. The number of nitrogens with zero attached hydrogens (tertiary/aromatic N) is 1. The molecule has 192 valence electrons. The molecule has 1 nitrogen and oxygen atoms in total. The molecule has 1 heterocycles. The highest BCUT2D eigenvalue weighted by Crippen LogP contribution is 2.51. The summed E-state index contributed by atoms with van der Waals surface area (Å²) < 4.78 is 0. The smallest absolute Gasteiger partial charge is 0.0484 e. The molecule has 0 radical (unpaired) electrons. The second-order valence-electron chi connectivity index (χ2n) is 8.92. The summed E-state index contributed by atoms with van der Waals surface area (Å²) in [6, 6.07) is 50.4. The number of hydrogen-bond acceptors (Lipinski definition) is 1. The highest BCUT2D eigenvalue weighted by Gasteiger charge is 2.26. The minimum Gasteiger partial charge on any atom is -0.257 e. The standard InChI is InChI=1S/C33H31NP2.C2H6/c1-26(35(28-16-7-3-8-17-28)29-18-9-4-10-19-29)32-24-15-25-33(34-32)27(2)36(30-20-11-5-12-21-30)31-22-13-6-14-23-31;1-2/h3-27H,1-2H3;1-2H3/t26-,27-;/m1./s1. The minimum absolute atomic E-state index is 0.302. The van der Waals surface area contributed by atoms with Crippen LogP contribution in [-0.2, 0) is 0 Å². The molecule has 3 heteroatoms. The number of pyridine rings is 1. The Morgan fingerprint density at radius 2 is 0.658 bits per heavy atom. The number of rotatable bonds is 8. The predicted octanol–water partition coefficient (Wildman–Crippen LogP) is 8.50. The van der Waals surface area contributed by atoms with Gasteiger partial charge in [-0.05, 0) is 49.2 Å². The molecule has 5 rings (SSSR count). The first-order chi connectivity index (χ1) is 18.7. The molecule has 0 aliphatic carbocycles. The molecule has 0 amide bonds. The van der Waals surface area contributed by atoms with Crippen LogP contribution >= 0.6 is 15.8 Å². The fraction of sp³-hybridized carbons (Fsp3) is 0.171. The molecule has 0 aliphatic heterocycles. The molecule has 0 spiro atoms. The summed E-state index contributed by atoms with van der Waals surface area (Å²) in [5.74, 6) is 0. The van der Waals surface area contributed by atoms with Crippen LogP contribution in [0.5, 0.6) is 0 Å². The predicted molar refractivity (Wildman–Crippen MR) is 171 cm³/mol. The topological polar surface area (TPSA) is 12.9 Å². The van der Waals surface area contributed by atoms with Crippen LogP contribution in [0.1, 0.15) is 50.4 Å². The molecule has 0 N–H and O–H groups in total. The van der Waals surface area contributed by atoms with Crippen LogP contribution in [0.15, 0.2) is 140 Å². The SMILES string of the molecule is CC.C[C@H](c1cccc([C@@H](C)P(c2ccccc2)c2ccccc2)n1)P(c1ccccc1)c1ccccc1. The molecule has 2 atom stereocenters. The Kier molecular flexibility index (Phi) is 10.4. The van der Waals surface area contributed by atoms with E-state index in [4.69, 9.17) is 4.98 Å². The molecule has 38 heavy (non-hydrogen) atoms. The Bertz CT molecular complexity index is 1180. The van der Waals surface area contributed by atoms with Gasteiger partial charge >= 0.3 is 0 Å². The summed E-state index contributed by atoms with van der Waals surface area (Å²) >= 11 is 0. The van der Waals surface area contributed by atoms with Crippen LogP contribution in [0.3, 0.4) is 0 Å². The van der Waals surface area contributed by atoms with E-state index in [1.165, 1.54) is 32.6 Å². The van der Waals surface area contributed by atoms with E-state index in [0.717, 1.165) is 0 Å². The minimum atomic E-state index is -0.580. The average molecular weight is 534 g/mol. The van der Waals surface area contributed by atoms with Gasteiger partial charge in [0.15, 0.2) is 0 Å². The zero-order valence-electron chi connectivity index (χ0n) is 22.8.